The zero-order valence-corrected chi connectivity index (χ0v) is 18.5. The fourth-order valence-corrected chi connectivity index (χ4v) is 7.77. The first kappa shape index (κ1) is 20.3. The van der Waals surface area contributed by atoms with Gasteiger partial charge in [0.15, 0.2) is 14.1 Å². The Labute approximate surface area is 165 Å². The van der Waals surface area contributed by atoms with Gasteiger partial charge in [-0.1, -0.05) is 75.5 Å². The smallest absolute Gasteiger partial charge is 0.193 e. The molecule has 1 atom stereocenters. The fourth-order valence-electron chi connectivity index (χ4n) is 4.66. The van der Waals surface area contributed by atoms with Crippen molar-refractivity contribution in [1.82, 2.24) is 5.16 Å². The van der Waals surface area contributed by atoms with E-state index in [9.17, 15) is 0 Å². The lowest BCUT2D eigenvalue weighted by molar-refractivity contribution is -0.0130. The van der Waals surface area contributed by atoms with Gasteiger partial charge in [0.1, 0.15) is 11.3 Å². The van der Waals surface area contributed by atoms with E-state index < -0.39 is 8.32 Å². The summed E-state index contributed by atoms with van der Waals surface area (Å²) in [7, 11) is -1.77. The van der Waals surface area contributed by atoms with E-state index in [0.29, 0.717) is 5.92 Å². The highest BCUT2D eigenvalue weighted by atomic mass is 28.4. The molecule has 3 rings (SSSR count). The highest BCUT2D eigenvalue weighted by molar-refractivity contribution is 6.73. The zero-order chi connectivity index (χ0) is 19.3. The molecule has 2 aromatic rings. The average molecular weight is 386 g/mol. The van der Waals surface area contributed by atoms with Gasteiger partial charge in [-0.15, -0.1) is 0 Å². The van der Waals surface area contributed by atoms with Gasteiger partial charge in [0.25, 0.3) is 0 Å². The van der Waals surface area contributed by atoms with Gasteiger partial charge in [-0.2, -0.15) is 0 Å². The molecular formula is C23H35NO2Si. The van der Waals surface area contributed by atoms with Crippen molar-refractivity contribution in [2.45, 2.75) is 83.5 Å². The molecule has 0 bridgehead atoms. The lowest BCUT2D eigenvalue weighted by atomic mass is 9.76. The summed E-state index contributed by atoms with van der Waals surface area (Å²) in [6, 6.07) is 15.9. The molecule has 1 aromatic carbocycles. The standard InChI is InChI=1S/C23H35NO2Si/c1-5-27(6-2,7-3)26-23(4,20-16-12-9-13-17-20)22-18-21(25-24-22)19-14-10-8-11-15-19/h8,10-11,14-15,18,20H,5-7,9,12-13,16-17H2,1-4H3/t23-/m1/s1. The summed E-state index contributed by atoms with van der Waals surface area (Å²) >= 11 is 0. The van der Waals surface area contributed by atoms with Crippen LogP contribution in [0.5, 0.6) is 0 Å². The molecule has 3 nitrogen and oxygen atoms in total. The number of hydrogen-bond acceptors (Lipinski definition) is 3. The molecule has 0 unspecified atom stereocenters. The van der Waals surface area contributed by atoms with Crippen LogP contribution in [0.1, 0.15) is 65.5 Å². The summed E-state index contributed by atoms with van der Waals surface area (Å²) in [5.41, 5.74) is 1.72. The zero-order valence-electron chi connectivity index (χ0n) is 17.5. The van der Waals surface area contributed by atoms with Crippen LogP contribution in [0.15, 0.2) is 40.9 Å². The van der Waals surface area contributed by atoms with Crippen LogP contribution in [0, 0.1) is 5.92 Å². The Kier molecular flexibility index (Phi) is 6.59. The Morgan fingerprint density at radius 2 is 1.67 bits per heavy atom. The number of benzene rings is 1. The Morgan fingerprint density at radius 1 is 1.04 bits per heavy atom. The molecule has 0 N–H and O–H groups in total. The Balaban J connectivity index is 1.98. The molecule has 0 saturated heterocycles. The second-order valence-electron chi connectivity index (χ2n) is 8.23. The molecule has 1 fully saturated rings. The van der Waals surface area contributed by atoms with Crippen molar-refractivity contribution in [3.8, 4) is 11.3 Å². The highest BCUT2D eigenvalue weighted by Crippen LogP contribution is 2.45. The Bertz CT molecular complexity index is 696. The Morgan fingerprint density at radius 3 is 2.26 bits per heavy atom. The minimum atomic E-state index is -1.77. The molecule has 0 aliphatic heterocycles. The quantitative estimate of drug-likeness (QED) is 0.452. The van der Waals surface area contributed by atoms with Gasteiger partial charge >= 0.3 is 0 Å². The predicted molar refractivity (Wildman–Crippen MR) is 114 cm³/mol. The van der Waals surface area contributed by atoms with E-state index in [2.05, 4.69) is 51.1 Å². The third-order valence-electron chi connectivity index (χ3n) is 6.82. The first-order valence-corrected chi connectivity index (χ1v) is 13.3. The molecule has 1 saturated carbocycles. The lowest BCUT2D eigenvalue weighted by Crippen LogP contribution is -2.48. The van der Waals surface area contributed by atoms with E-state index in [4.69, 9.17) is 8.95 Å². The topological polar surface area (TPSA) is 35.3 Å². The van der Waals surface area contributed by atoms with Gasteiger partial charge < -0.3 is 8.95 Å². The molecule has 1 heterocycles. The average Bonchev–Trinajstić information content (AvgIpc) is 3.24. The van der Waals surface area contributed by atoms with Crippen molar-refractivity contribution in [3.63, 3.8) is 0 Å². The third kappa shape index (κ3) is 4.22. The van der Waals surface area contributed by atoms with Crippen molar-refractivity contribution in [2.75, 3.05) is 0 Å². The van der Waals surface area contributed by atoms with Crippen molar-refractivity contribution in [2.24, 2.45) is 5.92 Å². The SMILES string of the molecule is CC[Si](CC)(CC)O[C@@](C)(c1cc(-c2ccccc2)on1)C1CCCCC1. The van der Waals surface area contributed by atoms with E-state index in [1.54, 1.807) is 0 Å². The van der Waals surface area contributed by atoms with E-state index in [0.717, 1.165) is 35.1 Å². The molecule has 0 radical (unpaired) electrons. The molecule has 0 amide bonds. The van der Waals surface area contributed by atoms with Crippen LogP contribution in [-0.4, -0.2) is 13.5 Å². The molecule has 148 valence electrons. The fraction of sp³-hybridized carbons (Fsp3) is 0.609. The van der Waals surface area contributed by atoms with Gasteiger partial charge in [0.05, 0.1) is 0 Å². The predicted octanol–water partition coefficient (Wildman–Crippen LogP) is 7.16. The molecule has 0 spiro atoms. The van der Waals surface area contributed by atoms with Gasteiger partial charge in [0.2, 0.25) is 0 Å². The van der Waals surface area contributed by atoms with Crippen molar-refractivity contribution < 1.29 is 8.95 Å². The van der Waals surface area contributed by atoms with Crippen LogP contribution in [0.25, 0.3) is 11.3 Å². The third-order valence-corrected chi connectivity index (χ3v) is 11.5. The molecular weight excluding hydrogens is 350 g/mol. The maximum atomic E-state index is 7.16. The number of hydrogen-bond donors (Lipinski definition) is 0. The molecule has 1 aliphatic carbocycles. The van der Waals surface area contributed by atoms with Crippen LogP contribution < -0.4 is 0 Å². The van der Waals surface area contributed by atoms with Crippen LogP contribution in [0.2, 0.25) is 18.1 Å². The maximum Gasteiger partial charge on any atom is 0.193 e. The largest absolute Gasteiger partial charge is 0.406 e. The van der Waals surface area contributed by atoms with Crippen LogP contribution in [-0.2, 0) is 10.0 Å². The highest BCUT2D eigenvalue weighted by Gasteiger charge is 2.46. The van der Waals surface area contributed by atoms with Crippen LogP contribution in [0.3, 0.4) is 0 Å². The summed E-state index contributed by atoms with van der Waals surface area (Å²) in [6.07, 6.45) is 6.40. The molecule has 1 aliphatic rings. The molecule has 4 heteroatoms. The van der Waals surface area contributed by atoms with Gasteiger partial charge in [-0.25, -0.2) is 0 Å². The molecule has 1 aromatic heterocycles. The van der Waals surface area contributed by atoms with Gasteiger partial charge in [-0.05, 0) is 43.8 Å². The minimum absolute atomic E-state index is 0.342. The van der Waals surface area contributed by atoms with Crippen LogP contribution >= 0.6 is 0 Å². The van der Waals surface area contributed by atoms with Gasteiger partial charge in [-0.3, -0.25) is 0 Å². The summed E-state index contributed by atoms with van der Waals surface area (Å²) in [6.45, 7) is 9.20. The first-order valence-electron chi connectivity index (χ1n) is 10.8. The first-order chi connectivity index (χ1) is 13.1. The summed E-state index contributed by atoms with van der Waals surface area (Å²) < 4.78 is 13.0. The van der Waals surface area contributed by atoms with Crippen molar-refractivity contribution in [3.05, 3.63) is 42.1 Å². The van der Waals surface area contributed by atoms with Crippen LogP contribution in [0.4, 0.5) is 0 Å². The van der Waals surface area contributed by atoms with Crippen molar-refractivity contribution >= 4 is 8.32 Å². The summed E-state index contributed by atoms with van der Waals surface area (Å²) in [4.78, 5) is 0. The monoisotopic (exact) mass is 385 g/mol. The lowest BCUT2D eigenvalue weighted by Gasteiger charge is -2.45. The van der Waals surface area contributed by atoms with Crippen molar-refractivity contribution in [1.29, 1.82) is 0 Å². The maximum absolute atomic E-state index is 7.16. The number of rotatable bonds is 8. The summed E-state index contributed by atoms with van der Waals surface area (Å²) in [5, 5.41) is 4.55. The van der Waals surface area contributed by atoms with E-state index in [-0.39, 0.29) is 5.60 Å². The number of aromatic nitrogens is 1. The van der Waals surface area contributed by atoms with E-state index in [1.165, 1.54) is 32.1 Å². The second kappa shape index (κ2) is 8.74. The minimum Gasteiger partial charge on any atom is -0.406 e. The Hall–Kier alpha value is -1.39. The second-order valence-corrected chi connectivity index (χ2v) is 12.9. The summed E-state index contributed by atoms with van der Waals surface area (Å²) in [5.74, 6) is 1.37. The van der Waals surface area contributed by atoms with Gasteiger partial charge in [0, 0.05) is 11.6 Å². The van der Waals surface area contributed by atoms with E-state index >= 15 is 0 Å². The molecule has 27 heavy (non-hydrogen) atoms. The normalized spacial score (nSPS) is 18.4. The van der Waals surface area contributed by atoms with E-state index in [1.807, 2.05) is 18.2 Å². The number of nitrogens with zero attached hydrogens (tertiary/aromatic N) is 1.